The molecule has 0 fully saturated rings. The minimum absolute atomic E-state index is 0.894. The van der Waals surface area contributed by atoms with E-state index in [-0.39, 0.29) is 0 Å². The summed E-state index contributed by atoms with van der Waals surface area (Å²) >= 11 is 1.86. The zero-order valence-corrected chi connectivity index (χ0v) is 25.6. The van der Waals surface area contributed by atoms with E-state index in [4.69, 9.17) is 4.42 Å². The fourth-order valence-electron chi connectivity index (χ4n) is 7.47. The number of hydrogen-bond donors (Lipinski definition) is 0. The summed E-state index contributed by atoms with van der Waals surface area (Å²) in [5.41, 5.74) is 7.12. The summed E-state index contributed by atoms with van der Waals surface area (Å²) < 4.78 is 9.25. The number of fused-ring (bicyclic) bond motifs is 8. The Hall–Kier alpha value is -5.70. The van der Waals surface area contributed by atoms with Crippen LogP contribution in [-0.4, -0.2) is 0 Å². The molecule has 2 heteroatoms. The molecule has 0 amide bonds. The van der Waals surface area contributed by atoms with Gasteiger partial charge in [-0.05, 0) is 67.2 Å². The molecule has 2 heterocycles. The van der Waals surface area contributed by atoms with Gasteiger partial charge in [0.1, 0.15) is 11.3 Å². The molecular formula is C44H26OS. The predicted molar refractivity (Wildman–Crippen MR) is 198 cm³/mol. The maximum atomic E-state index is 6.72. The second-order valence-electron chi connectivity index (χ2n) is 12.0. The molecule has 214 valence electrons. The summed E-state index contributed by atoms with van der Waals surface area (Å²) in [6.07, 6.45) is 0. The molecule has 46 heavy (non-hydrogen) atoms. The molecule has 8 aromatic carbocycles. The molecule has 0 radical (unpaired) electrons. The van der Waals surface area contributed by atoms with E-state index in [1.807, 2.05) is 17.4 Å². The van der Waals surface area contributed by atoms with Gasteiger partial charge in [0.05, 0.1) is 0 Å². The van der Waals surface area contributed by atoms with Crippen LogP contribution in [-0.2, 0) is 0 Å². The number of furan rings is 1. The predicted octanol–water partition coefficient (Wildman–Crippen LogP) is 13.3. The van der Waals surface area contributed by atoms with Crippen molar-refractivity contribution in [3.8, 4) is 33.6 Å². The second-order valence-corrected chi connectivity index (χ2v) is 13.0. The quantitative estimate of drug-likeness (QED) is 0.183. The Morgan fingerprint density at radius 3 is 1.70 bits per heavy atom. The first-order valence-corrected chi connectivity index (χ1v) is 16.5. The van der Waals surface area contributed by atoms with Crippen LogP contribution < -0.4 is 0 Å². The molecular weight excluding hydrogens is 577 g/mol. The van der Waals surface area contributed by atoms with E-state index < -0.39 is 0 Å². The Labute approximate surface area is 269 Å². The van der Waals surface area contributed by atoms with Gasteiger partial charge in [0, 0.05) is 36.7 Å². The van der Waals surface area contributed by atoms with E-state index in [1.54, 1.807) is 0 Å². The second kappa shape index (κ2) is 9.90. The molecule has 0 spiro atoms. The van der Waals surface area contributed by atoms with Crippen LogP contribution in [0.15, 0.2) is 162 Å². The van der Waals surface area contributed by atoms with Gasteiger partial charge in [0.2, 0.25) is 0 Å². The van der Waals surface area contributed by atoms with Crippen molar-refractivity contribution in [2.24, 2.45) is 0 Å². The lowest BCUT2D eigenvalue weighted by Gasteiger charge is -2.19. The first-order chi connectivity index (χ1) is 22.8. The lowest BCUT2D eigenvalue weighted by Crippen LogP contribution is -1.92. The van der Waals surface area contributed by atoms with Gasteiger partial charge in [-0.3, -0.25) is 0 Å². The third-order valence-electron chi connectivity index (χ3n) is 9.45. The van der Waals surface area contributed by atoms with E-state index in [9.17, 15) is 0 Å². The van der Waals surface area contributed by atoms with Crippen LogP contribution in [0, 0.1) is 0 Å². The highest BCUT2D eigenvalue weighted by Gasteiger charge is 2.23. The fraction of sp³-hybridized carbons (Fsp3) is 0. The number of benzene rings is 8. The minimum atomic E-state index is 0.894. The van der Waals surface area contributed by atoms with Crippen molar-refractivity contribution in [3.05, 3.63) is 158 Å². The van der Waals surface area contributed by atoms with Gasteiger partial charge in [-0.2, -0.15) is 0 Å². The molecule has 10 aromatic rings. The van der Waals surface area contributed by atoms with Gasteiger partial charge in [-0.15, -0.1) is 11.3 Å². The van der Waals surface area contributed by atoms with Crippen LogP contribution in [0.3, 0.4) is 0 Å². The Bertz CT molecular complexity index is 2740. The Kier molecular flexibility index (Phi) is 5.51. The molecule has 0 aliphatic rings. The van der Waals surface area contributed by atoms with Crippen molar-refractivity contribution >= 4 is 74.8 Å². The van der Waals surface area contributed by atoms with E-state index in [2.05, 4.69) is 152 Å². The smallest absolute Gasteiger partial charge is 0.144 e. The zero-order valence-electron chi connectivity index (χ0n) is 24.8. The van der Waals surface area contributed by atoms with E-state index in [1.165, 1.54) is 74.7 Å². The summed E-state index contributed by atoms with van der Waals surface area (Å²) in [7, 11) is 0. The van der Waals surface area contributed by atoms with Gasteiger partial charge in [0.25, 0.3) is 0 Å². The van der Waals surface area contributed by atoms with E-state index in [0.29, 0.717) is 0 Å². The van der Waals surface area contributed by atoms with E-state index in [0.717, 1.165) is 22.3 Å². The first-order valence-electron chi connectivity index (χ1n) is 15.7. The summed E-state index contributed by atoms with van der Waals surface area (Å²) in [6, 6.07) is 57.1. The van der Waals surface area contributed by atoms with Crippen molar-refractivity contribution in [1.82, 2.24) is 0 Å². The van der Waals surface area contributed by atoms with Crippen LogP contribution in [0.4, 0.5) is 0 Å². The number of thiophene rings is 1. The Balaban J connectivity index is 1.38. The highest BCUT2D eigenvalue weighted by atomic mass is 32.1. The third-order valence-corrected chi connectivity index (χ3v) is 10.6. The van der Waals surface area contributed by atoms with Gasteiger partial charge in [-0.1, -0.05) is 140 Å². The highest BCUT2D eigenvalue weighted by Crippen LogP contribution is 2.51. The molecule has 0 saturated carbocycles. The van der Waals surface area contributed by atoms with Crippen LogP contribution in [0.5, 0.6) is 0 Å². The summed E-state index contributed by atoms with van der Waals surface area (Å²) in [6.45, 7) is 0. The van der Waals surface area contributed by atoms with Crippen LogP contribution in [0.1, 0.15) is 0 Å². The molecule has 1 nitrogen and oxygen atoms in total. The molecule has 2 aromatic heterocycles. The number of rotatable bonds is 3. The number of hydrogen-bond acceptors (Lipinski definition) is 2. The lowest BCUT2D eigenvalue weighted by molar-refractivity contribution is 0.635. The van der Waals surface area contributed by atoms with Crippen molar-refractivity contribution in [2.45, 2.75) is 0 Å². The standard InChI is InChI=1S/C44H26OS/c1-2-14-28(15-3-1)38-26-29-25-37(44-42(43(29)45-38)36-22-10-11-24-39(36)46-44)41-34-20-8-6-18-32(34)40(33-19-7-9-21-35(33)41)31-23-12-16-27-13-4-5-17-30(27)31/h1-26H. The monoisotopic (exact) mass is 602 g/mol. The van der Waals surface area contributed by atoms with Crippen molar-refractivity contribution in [2.75, 3.05) is 0 Å². The molecule has 0 aliphatic heterocycles. The summed E-state index contributed by atoms with van der Waals surface area (Å²) in [5.74, 6) is 0.894. The molecule has 0 bridgehead atoms. The molecule has 0 aliphatic carbocycles. The highest BCUT2D eigenvalue weighted by molar-refractivity contribution is 7.26. The molecule has 0 N–H and O–H groups in total. The third kappa shape index (κ3) is 3.68. The van der Waals surface area contributed by atoms with Gasteiger partial charge >= 0.3 is 0 Å². The average Bonchev–Trinajstić information content (AvgIpc) is 3.73. The van der Waals surface area contributed by atoms with Gasteiger partial charge < -0.3 is 4.42 Å². The van der Waals surface area contributed by atoms with Crippen LogP contribution in [0.25, 0.3) is 97.0 Å². The fourth-order valence-corrected chi connectivity index (χ4v) is 8.69. The van der Waals surface area contributed by atoms with Crippen LogP contribution >= 0.6 is 11.3 Å². The largest absolute Gasteiger partial charge is 0.455 e. The minimum Gasteiger partial charge on any atom is -0.455 e. The van der Waals surface area contributed by atoms with Gasteiger partial charge in [0.15, 0.2) is 0 Å². The van der Waals surface area contributed by atoms with E-state index >= 15 is 0 Å². The maximum Gasteiger partial charge on any atom is 0.144 e. The average molecular weight is 603 g/mol. The Morgan fingerprint density at radius 1 is 0.413 bits per heavy atom. The van der Waals surface area contributed by atoms with Gasteiger partial charge in [-0.25, -0.2) is 0 Å². The topological polar surface area (TPSA) is 13.1 Å². The Morgan fingerprint density at radius 2 is 0.978 bits per heavy atom. The molecule has 10 rings (SSSR count). The normalized spacial score (nSPS) is 11.9. The van der Waals surface area contributed by atoms with Crippen molar-refractivity contribution in [1.29, 1.82) is 0 Å². The summed E-state index contributed by atoms with van der Waals surface area (Å²) in [4.78, 5) is 0. The molecule has 0 saturated heterocycles. The first kappa shape index (κ1) is 25.6. The summed E-state index contributed by atoms with van der Waals surface area (Å²) in [5, 5.41) is 11.1. The zero-order chi connectivity index (χ0) is 30.2. The maximum absolute atomic E-state index is 6.72. The molecule has 0 unspecified atom stereocenters. The van der Waals surface area contributed by atoms with Crippen molar-refractivity contribution < 1.29 is 4.42 Å². The van der Waals surface area contributed by atoms with Crippen molar-refractivity contribution in [3.63, 3.8) is 0 Å². The molecule has 0 atom stereocenters. The lowest BCUT2D eigenvalue weighted by atomic mass is 9.84. The SMILES string of the molecule is c1ccc(-c2cc3cc(-c4c5ccccc5c(-c5cccc6ccccc56)c5ccccc45)c4sc5ccccc5c4c3o2)cc1. The van der Waals surface area contributed by atoms with Crippen LogP contribution in [0.2, 0.25) is 0 Å².